The van der Waals surface area contributed by atoms with Crippen LogP contribution in [0.5, 0.6) is 0 Å². The summed E-state index contributed by atoms with van der Waals surface area (Å²) >= 11 is 0. The second kappa shape index (κ2) is 26.4. The van der Waals surface area contributed by atoms with Gasteiger partial charge in [-0.15, -0.1) is 6.58 Å². The Morgan fingerprint density at radius 3 is 1.52 bits per heavy atom. The molecule has 0 saturated heterocycles. The van der Waals surface area contributed by atoms with E-state index < -0.39 is 0 Å². The zero-order chi connectivity index (χ0) is 27.0. The van der Waals surface area contributed by atoms with E-state index in [4.69, 9.17) is 0 Å². The molecule has 0 bridgehead atoms. The van der Waals surface area contributed by atoms with Crippen molar-refractivity contribution in [3.8, 4) is 0 Å². The molecule has 0 saturated carbocycles. The van der Waals surface area contributed by atoms with E-state index >= 15 is 0 Å². The van der Waals surface area contributed by atoms with E-state index in [1.54, 1.807) is 0 Å². The highest BCUT2D eigenvalue weighted by Crippen LogP contribution is 2.12. The van der Waals surface area contributed by atoms with Crippen molar-refractivity contribution in [1.82, 2.24) is 0 Å². The van der Waals surface area contributed by atoms with Gasteiger partial charge in [-0.1, -0.05) is 102 Å². The molecule has 0 spiro atoms. The topological polar surface area (TPSA) is 12.4 Å². The number of allylic oxidation sites excluding steroid dienone is 4. The van der Waals surface area contributed by atoms with Gasteiger partial charge in [0.1, 0.15) is 0 Å². The van der Waals surface area contributed by atoms with Crippen molar-refractivity contribution in [3.63, 3.8) is 0 Å². The van der Waals surface area contributed by atoms with E-state index in [-0.39, 0.29) is 0 Å². The Hall–Kier alpha value is -1.89. The minimum Gasteiger partial charge on any atom is -0.293 e. The van der Waals surface area contributed by atoms with Gasteiger partial charge in [0.25, 0.3) is 0 Å². The fourth-order valence-corrected chi connectivity index (χ4v) is 2.06. The summed E-state index contributed by atoms with van der Waals surface area (Å²) in [5.74, 6) is 0.833. The summed E-state index contributed by atoms with van der Waals surface area (Å²) in [6.07, 6.45) is 4.93. The Balaban J connectivity index is -0.000000173. The number of rotatable bonds is 6. The largest absolute Gasteiger partial charge is 0.293 e. The SMILES string of the molecule is C=C(C)/C(C)=C(/C)C(C)=NC.C=C(C)CCCC.CC.CC(C)C.CCc1ccc(C)cc1. The lowest BCUT2D eigenvalue weighted by Gasteiger charge is -2.05. The van der Waals surface area contributed by atoms with Crippen LogP contribution in [-0.2, 0) is 6.42 Å². The Kier molecular flexibility index (Phi) is 30.7. The van der Waals surface area contributed by atoms with Crippen LogP contribution in [0.2, 0.25) is 0 Å². The maximum absolute atomic E-state index is 4.11. The third kappa shape index (κ3) is 30.1. The average Bonchev–Trinajstić information content (AvgIpc) is 2.78. The molecule has 0 radical (unpaired) electrons. The number of aryl methyl sites for hydroxylation is 2. The van der Waals surface area contributed by atoms with Crippen molar-refractivity contribution in [2.75, 3.05) is 7.05 Å². The van der Waals surface area contributed by atoms with Crippen LogP contribution in [-0.4, -0.2) is 12.8 Å². The van der Waals surface area contributed by atoms with Crippen molar-refractivity contribution in [1.29, 1.82) is 0 Å². The zero-order valence-electron chi connectivity index (χ0n) is 25.1. The Morgan fingerprint density at radius 2 is 1.27 bits per heavy atom. The summed E-state index contributed by atoms with van der Waals surface area (Å²) in [6, 6.07) is 8.66. The van der Waals surface area contributed by atoms with E-state index in [9.17, 15) is 0 Å². The smallest absolute Gasteiger partial charge is 0.0345 e. The first-order valence-corrected chi connectivity index (χ1v) is 12.8. The van der Waals surface area contributed by atoms with Crippen LogP contribution in [0.15, 0.2) is 64.7 Å². The highest BCUT2D eigenvalue weighted by molar-refractivity contribution is 5.98. The fourth-order valence-electron chi connectivity index (χ4n) is 2.06. The van der Waals surface area contributed by atoms with Gasteiger partial charge in [0.05, 0.1) is 0 Å². The number of nitrogens with zero attached hydrogens (tertiary/aromatic N) is 1. The van der Waals surface area contributed by atoms with Gasteiger partial charge in [-0.25, -0.2) is 0 Å². The summed E-state index contributed by atoms with van der Waals surface area (Å²) in [7, 11) is 1.81. The Morgan fingerprint density at radius 1 is 0.848 bits per heavy atom. The molecule has 1 nitrogen and oxygen atoms in total. The minimum atomic E-state index is 0.833. The molecule has 1 aromatic rings. The number of hydrogen-bond donors (Lipinski definition) is 0. The third-order valence-corrected chi connectivity index (χ3v) is 4.57. The molecule has 0 aliphatic carbocycles. The van der Waals surface area contributed by atoms with E-state index in [0.717, 1.165) is 23.6 Å². The molecule has 0 unspecified atom stereocenters. The molecule has 0 aliphatic heterocycles. The average molecular weight is 458 g/mol. The van der Waals surface area contributed by atoms with Crippen molar-refractivity contribution in [2.24, 2.45) is 10.9 Å². The summed E-state index contributed by atoms with van der Waals surface area (Å²) in [5.41, 5.74) is 8.75. The number of benzene rings is 1. The fraction of sp³-hybridized carbons (Fsp3) is 0.594. The molecule has 0 fully saturated rings. The van der Waals surface area contributed by atoms with E-state index in [1.165, 1.54) is 47.1 Å². The van der Waals surface area contributed by atoms with Crippen molar-refractivity contribution >= 4 is 5.71 Å². The van der Waals surface area contributed by atoms with Crippen LogP contribution >= 0.6 is 0 Å². The van der Waals surface area contributed by atoms with Crippen LogP contribution in [0.4, 0.5) is 0 Å². The van der Waals surface area contributed by atoms with Crippen LogP contribution < -0.4 is 0 Å². The molecule has 0 amide bonds. The number of hydrogen-bond acceptors (Lipinski definition) is 1. The van der Waals surface area contributed by atoms with Crippen LogP contribution in [0.3, 0.4) is 0 Å². The lowest BCUT2D eigenvalue weighted by molar-refractivity contribution is 0.737. The molecule has 0 atom stereocenters. The predicted molar refractivity (Wildman–Crippen MR) is 159 cm³/mol. The Bertz CT molecular complexity index is 651. The first kappa shape index (κ1) is 38.4. The van der Waals surface area contributed by atoms with Gasteiger partial charge >= 0.3 is 0 Å². The number of aliphatic imine (C=N–C) groups is 1. The second-order valence-electron chi connectivity index (χ2n) is 8.97. The van der Waals surface area contributed by atoms with Crippen LogP contribution in [0, 0.1) is 12.8 Å². The summed E-state index contributed by atoms with van der Waals surface area (Å²) in [4.78, 5) is 4.11. The lowest BCUT2D eigenvalue weighted by Crippen LogP contribution is -1.96. The Labute approximate surface area is 210 Å². The highest BCUT2D eigenvalue weighted by atomic mass is 14.7. The van der Waals surface area contributed by atoms with Gasteiger partial charge in [0.2, 0.25) is 0 Å². The minimum absolute atomic E-state index is 0.833. The molecule has 192 valence electrons. The summed E-state index contributed by atoms with van der Waals surface area (Å²) in [5, 5.41) is 0. The maximum Gasteiger partial charge on any atom is 0.0345 e. The highest BCUT2D eigenvalue weighted by Gasteiger charge is 1.99. The normalized spacial score (nSPS) is 10.6. The molecular formula is C32H59N. The first-order valence-electron chi connectivity index (χ1n) is 12.8. The maximum atomic E-state index is 4.11. The van der Waals surface area contributed by atoms with E-state index in [1.807, 2.05) is 34.7 Å². The van der Waals surface area contributed by atoms with Gasteiger partial charge in [0, 0.05) is 12.8 Å². The van der Waals surface area contributed by atoms with Gasteiger partial charge in [-0.05, 0) is 83.4 Å². The molecule has 0 aliphatic rings. The van der Waals surface area contributed by atoms with Gasteiger partial charge in [-0.2, -0.15) is 0 Å². The molecule has 1 aromatic carbocycles. The van der Waals surface area contributed by atoms with Gasteiger partial charge < -0.3 is 0 Å². The monoisotopic (exact) mass is 457 g/mol. The molecule has 1 heteroatoms. The van der Waals surface area contributed by atoms with Crippen molar-refractivity contribution in [3.05, 3.63) is 70.8 Å². The number of unbranched alkanes of at least 4 members (excludes halogenated alkanes) is 1. The predicted octanol–water partition coefficient (Wildman–Crippen LogP) is 11.0. The molecule has 0 N–H and O–H groups in total. The lowest BCUT2D eigenvalue weighted by atomic mass is 10.0. The van der Waals surface area contributed by atoms with Crippen molar-refractivity contribution < 1.29 is 0 Å². The summed E-state index contributed by atoms with van der Waals surface area (Å²) in [6.45, 7) is 34.9. The molecule has 0 aromatic heterocycles. The second-order valence-corrected chi connectivity index (χ2v) is 8.97. The molecule has 0 heterocycles. The molecule has 33 heavy (non-hydrogen) atoms. The van der Waals surface area contributed by atoms with Gasteiger partial charge in [-0.3, -0.25) is 4.99 Å². The first-order chi connectivity index (χ1) is 15.3. The van der Waals surface area contributed by atoms with Crippen molar-refractivity contribution in [2.45, 2.75) is 116 Å². The van der Waals surface area contributed by atoms with Gasteiger partial charge in [0.15, 0.2) is 0 Å². The van der Waals surface area contributed by atoms with E-state index in [2.05, 4.69) is 105 Å². The zero-order valence-corrected chi connectivity index (χ0v) is 25.1. The van der Waals surface area contributed by atoms with E-state index in [0.29, 0.717) is 0 Å². The standard InChI is InChI=1S/C10H17N.C9H12.C7H14.C4H10.C2H6/c1-7(2)8(3)9(4)10(5)11-6;1-3-9-6-4-8(2)5-7-9;1-4-5-6-7(2)3;1-4(2)3;1-2/h1H2,2-6H3;4-7H,3H2,1-2H3;2,4-6H2,1,3H3;4H,1-3H3;1-2H3/b9-8-,11-10?;;;;. The quantitative estimate of drug-likeness (QED) is 0.229. The molecular weight excluding hydrogens is 398 g/mol. The van der Waals surface area contributed by atoms with Crippen LogP contribution in [0.25, 0.3) is 0 Å². The molecule has 1 rings (SSSR count). The third-order valence-electron chi connectivity index (χ3n) is 4.57. The summed E-state index contributed by atoms with van der Waals surface area (Å²) < 4.78 is 0. The van der Waals surface area contributed by atoms with Crippen LogP contribution in [0.1, 0.15) is 113 Å².